The van der Waals surface area contributed by atoms with E-state index in [4.69, 9.17) is 4.74 Å². The number of ether oxygens (including phenoxy) is 1. The Balaban J connectivity index is 1.46. The van der Waals surface area contributed by atoms with Crippen molar-refractivity contribution in [3.63, 3.8) is 0 Å². The first-order valence-corrected chi connectivity index (χ1v) is 14.4. The quantitative estimate of drug-likeness (QED) is 0.261. The summed E-state index contributed by atoms with van der Waals surface area (Å²) >= 11 is 0. The second kappa shape index (κ2) is 11.8. The summed E-state index contributed by atoms with van der Waals surface area (Å²) in [5.41, 5.74) is 5.18. The van der Waals surface area contributed by atoms with Crippen LogP contribution in [-0.4, -0.2) is 36.9 Å². The zero-order valence-corrected chi connectivity index (χ0v) is 25.2. The summed E-state index contributed by atoms with van der Waals surface area (Å²) in [7, 11) is 1.57. The van der Waals surface area contributed by atoms with Crippen molar-refractivity contribution in [2.45, 2.75) is 45.1 Å². The van der Waals surface area contributed by atoms with Gasteiger partial charge < -0.3 is 20.3 Å². The second-order valence-corrected chi connectivity index (χ2v) is 11.8. The van der Waals surface area contributed by atoms with Crippen LogP contribution in [0.15, 0.2) is 97.1 Å². The molecular weight excluding hydrogens is 538 g/mol. The lowest BCUT2D eigenvalue weighted by Crippen LogP contribution is -2.55. The molecule has 43 heavy (non-hydrogen) atoms. The maximum atomic E-state index is 13.3. The molecule has 0 radical (unpaired) electrons. The molecule has 5 rings (SSSR count). The van der Waals surface area contributed by atoms with Gasteiger partial charge in [-0.2, -0.15) is 0 Å². The zero-order valence-electron chi connectivity index (χ0n) is 25.2. The first-order valence-electron chi connectivity index (χ1n) is 14.4. The van der Waals surface area contributed by atoms with E-state index in [0.717, 1.165) is 27.9 Å². The van der Waals surface area contributed by atoms with E-state index in [1.165, 1.54) is 0 Å². The van der Waals surface area contributed by atoms with E-state index < -0.39 is 11.0 Å². The molecular formula is C36H37N3O4. The fraction of sp³-hybridized carbons (Fsp3) is 0.250. The minimum atomic E-state index is -0.484. The molecule has 0 spiro atoms. The number of hydrogen-bond donors (Lipinski definition) is 2. The van der Waals surface area contributed by atoms with E-state index in [1.54, 1.807) is 14.0 Å². The number of amides is 3. The number of likely N-dealkylation sites (N-methyl/N-ethyl adjacent to an activating group) is 1. The Bertz CT molecular complexity index is 1650. The highest BCUT2D eigenvalue weighted by molar-refractivity contribution is 6.05. The lowest BCUT2D eigenvalue weighted by Gasteiger charge is -2.51. The molecule has 7 heteroatoms. The van der Waals surface area contributed by atoms with Crippen molar-refractivity contribution in [3.05, 3.63) is 114 Å². The van der Waals surface area contributed by atoms with Crippen LogP contribution in [0.25, 0.3) is 11.1 Å². The second-order valence-electron chi connectivity index (χ2n) is 11.8. The molecule has 0 aliphatic carbocycles. The van der Waals surface area contributed by atoms with E-state index >= 15 is 0 Å². The molecule has 0 saturated carbocycles. The van der Waals surface area contributed by atoms with Gasteiger partial charge in [0, 0.05) is 41.9 Å². The van der Waals surface area contributed by atoms with Gasteiger partial charge >= 0.3 is 0 Å². The summed E-state index contributed by atoms with van der Waals surface area (Å²) in [6, 6.07) is 31.1. The summed E-state index contributed by atoms with van der Waals surface area (Å²) in [5, 5.41) is 5.61. The number of carbonyl (C=O) groups is 3. The summed E-state index contributed by atoms with van der Waals surface area (Å²) in [6.07, 6.45) is 0.656. The third-order valence-electron chi connectivity index (χ3n) is 8.19. The summed E-state index contributed by atoms with van der Waals surface area (Å²) < 4.78 is 5.62. The standard InChI is InChI=1S/C36H37N3O4/c1-24(40)39-32-20-17-29(38-34(42)27-13-11-26(12-14-27)25-9-7-6-8-10-25)21-31(32)36(4,23-35(39,2)3)28-15-18-30(19-16-28)43-22-33(41)37-5/h6-21H,22-23H2,1-5H3,(H,37,41)(H,38,42). The van der Waals surface area contributed by atoms with Gasteiger partial charge in [-0.05, 0) is 85.0 Å². The van der Waals surface area contributed by atoms with Crippen LogP contribution in [0.1, 0.15) is 55.6 Å². The van der Waals surface area contributed by atoms with E-state index in [2.05, 4.69) is 31.4 Å². The van der Waals surface area contributed by atoms with Crippen LogP contribution in [0.3, 0.4) is 0 Å². The Morgan fingerprint density at radius 3 is 2.12 bits per heavy atom. The molecule has 0 bridgehead atoms. The average Bonchev–Trinajstić information content (AvgIpc) is 3.00. The molecule has 3 amide bonds. The lowest BCUT2D eigenvalue weighted by molar-refractivity contribution is -0.122. The fourth-order valence-electron chi connectivity index (χ4n) is 6.26. The van der Waals surface area contributed by atoms with Gasteiger partial charge in [0.2, 0.25) is 5.91 Å². The predicted octanol–water partition coefficient (Wildman–Crippen LogP) is 6.57. The Labute approximate surface area is 252 Å². The van der Waals surface area contributed by atoms with Crippen LogP contribution in [0.5, 0.6) is 5.75 Å². The first-order chi connectivity index (χ1) is 20.5. The minimum absolute atomic E-state index is 0.0402. The van der Waals surface area contributed by atoms with Crippen molar-refractivity contribution >= 4 is 29.1 Å². The molecule has 220 valence electrons. The van der Waals surface area contributed by atoms with Crippen LogP contribution in [0.2, 0.25) is 0 Å². The van der Waals surface area contributed by atoms with Crippen molar-refractivity contribution in [2.75, 3.05) is 23.9 Å². The minimum Gasteiger partial charge on any atom is -0.484 e. The number of rotatable bonds is 7. The molecule has 4 aromatic carbocycles. The Kier molecular flexibility index (Phi) is 8.09. The molecule has 1 aliphatic heterocycles. The number of anilines is 2. The van der Waals surface area contributed by atoms with E-state index in [0.29, 0.717) is 23.4 Å². The molecule has 4 aromatic rings. The van der Waals surface area contributed by atoms with Crippen molar-refractivity contribution in [1.29, 1.82) is 0 Å². The van der Waals surface area contributed by atoms with Gasteiger partial charge in [-0.15, -0.1) is 0 Å². The van der Waals surface area contributed by atoms with Gasteiger partial charge in [0.15, 0.2) is 6.61 Å². The number of benzene rings is 4. The molecule has 0 aromatic heterocycles. The molecule has 7 nitrogen and oxygen atoms in total. The maximum absolute atomic E-state index is 13.3. The van der Waals surface area contributed by atoms with Gasteiger partial charge in [-0.3, -0.25) is 14.4 Å². The van der Waals surface area contributed by atoms with Crippen LogP contribution >= 0.6 is 0 Å². The van der Waals surface area contributed by atoms with E-state index in [-0.39, 0.29) is 24.3 Å². The zero-order chi connectivity index (χ0) is 30.8. The Morgan fingerprint density at radius 1 is 0.837 bits per heavy atom. The van der Waals surface area contributed by atoms with Crippen molar-refractivity contribution in [3.8, 4) is 16.9 Å². The lowest BCUT2D eigenvalue weighted by atomic mass is 9.65. The van der Waals surface area contributed by atoms with Gasteiger partial charge in [0.05, 0.1) is 0 Å². The Hall–Kier alpha value is -4.91. The monoisotopic (exact) mass is 575 g/mol. The maximum Gasteiger partial charge on any atom is 0.257 e. The fourth-order valence-corrected chi connectivity index (χ4v) is 6.26. The van der Waals surface area contributed by atoms with Crippen molar-refractivity contribution in [1.82, 2.24) is 5.32 Å². The highest BCUT2D eigenvalue weighted by Crippen LogP contribution is 2.51. The van der Waals surface area contributed by atoms with Gasteiger partial charge in [-0.1, -0.05) is 61.5 Å². The molecule has 0 saturated heterocycles. The van der Waals surface area contributed by atoms with Crippen molar-refractivity contribution in [2.24, 2.45) is 0 Å². The highest BCUT2D eigenvalue weighted by Gasteiger charge is 2.47. The number of hydrogen-bond acceptors (Lipinski definition) is 4. The van der Waals surface area contributed by atoms with Crippen LogP contribution < -0.4 is 20.3 Å². The average molecular weight is 576 g/mol. The molecule has 1 heterocycles. The third-order valence-corrected chi connectivity index (χ3v) is 8.19. The number of fused-ring (bicyclic) bond motifs is 1. The van der Waals surface area contributed by atoms with Gasteiger partial charge in [0.1, 0.15) is 5.75 Å². The molecule has 1 atom stereocenters. The van der Waals surface area contributed by atoms with E-state index in [1.807, 2.05) is 102 Å². The van der Waals surface area contributed by atoms with Gasteiger partial charge in [-0.25, -0.2) is 0 Å². The highest BCUT2D eigenvalue weighted by atomic mass is 16.5. The number of nitrogens with zero attached hydrogens (tertiary/aromatic N) is 1. The predicted molar refractivity (Wildman–Crippen MR) is 171 cm³/mol. The first kappa shape index (κ1) is 29.6. The largest absolute Gasteiger partial charge is 0.484 e. The smallest absolute Gasteiger partial charge is 0.257 e. The number of carbonyl (C=O) groups excluding carboxylic acids is 3. The molecule has 1 aliphatic rings. The van der Waals surface area contributed by atoms with Crippen LogP contribution in [0.4, 0.5) is 11.4 Å². The topological polar surface area (TPSA) is 87.7 Å². The van der Waals surface area contributed by atoms with Gasteiger partial charge in [0.25, 0.3) is 11.8 Å². The Morgan fingerprint density at radius 2 is 1.49 bits per heavy atom. The summed E-state index contributed by atoms with van der Waals surface area (Å²) in [4.78, 5) is 39.7. The number of nitrogens with one attached hydrogen (secondary N) is 2. The van der Waals surface area contributed by atoms with Crippen molar-refractivity contribution < 1.29 is 19.1 Å². The SMILES string of the molecule is CNC(=O)COc1ccc(C2(C)CC(C)(C)N(C(C)=O)c3ccc(NC(=O)c4ccc(-c5ccccc5)cc4)cc32)cc1. The van der Waals surface area contributed by atoms with Crippen LogP contribution in [-0.2, 0) is 15.0 Å². The summed E-state index contributed by atoms with van der Waals surface area (Å²) in [6.45, 7) is 7.84. The summed E-state index contributed by atoms with van der Waals surface area (Å²) in [5.74, 6) is 0.140. The van der Waals surface area contributed by atoms with Crippen LogP contribution in [0, 0.1) is 0 Å². The third kappa shape index (κ3) is 6.02. The molecule has 2 N–H and O–H groups in total. The molecule has 1 unspecified atom stereocenters. The molecule has 0 fully saturated rings. The normalized spacial score (nSPS) is 17.0. The van der Waals surface area contributed by atoms with E-state index in [9.17, 15) is 14.4 Å².